The van der Waals surface area contributed by atoms with Gasteiger partial charge >= 0.3 is 0 Å². The summed E-state index contributed by atoms with van der Waals surface area (Å²) in [6, 6.07) is 0. The van der Waals surface area contributed by atoms with Gasteiger partial charge in [-0.15, -0.1) is 13.2 Å². The third kappa shape index (κ3) is 3.72. The number of hydrogen-bond donors (Lipinski definition) is 0. The summed E-state index contributed by atoms with van der Waals surface area (Å²) in [4.78, 5) is 0. The van der Waals surface area contributed by atoms with Gasteiger partial charge in [0.15, 0.2) is 0 Å². The molecule has 0 aromatic carbocycles. The molecular weight excluding hydrogens is 204 g/mol. The van der Waals surface area contributed by atoms with E-state index in [4.69, 9.17) is 0 Å². The molecule has 0 radical (unpaired) electrons. The summed E-state index contributed by atoms with van der Waals surface area (Å²) in [5, 5.41) is 0. The molecular formula is C17H32. The Kier molecular flexibility index (Phi) is 4.88. The Hall–Kier alpha value is -0.520. The second-order valence-electron chi connectivity index (χ2n) is 6.27. The van der Waals surface area contributed by atoms with E-state index in [0.717, 1.165) is 23.7 Å². The van der Waals surface area contributed by atoms with Gasteiger partial charge in [-0.3, -0.25) is 0 Å². The molecule has 0 aliphatic heterocycles. The van der Waals surface area contributed by atoms with Crippen molar-refractivity contribution in [2.75, 3.05) is 0 Å². The molecule has 0 nitrogen and oxygen atoms in total. The highest BCUT2D eigenvalue weighted by molar-refractivity contribution is 4.87. The molecule has 0 aromatic heterocycles. The Labute approximate surface area is 110 Å². The highest BCUT2D eigenvalue weighted by Gasteiger charge is 2.25. The van der Waals surface area contributed by atoms with Crippen LogP contribution in [0.4, 0.5) is 0 Å². The van der Waals surface area contributed by atoms with Crippen molar-refractivity contribution in [3.8, 4) is 0 Å². The smallest absolute Gasteiger partial charge is 0 e. The van der Waals surface area contributed by atoms with Crippen LogP contribution in [-0.4, -0.2) is 0 Å². The van der Waals surface area contributed by atoms with Gasteiger partial charge in [0.1, 0.15) is 0 Å². The van der Waals surface area contributed by atoms with Crippen LogP contribution in [0.3, 0.4) is 0 Å². The third-order valence-corrected chi connectivity index (χ3v) is 5.12. The van der Waals surface area contributed by atoms with E-state index < -0.39 is 0 Å². The molecule has 0 amide bonds. The fourth-order valence-electron chi connectivity index (χ4n) is 3.79. The lowest BCUT2D eigenvalue weighted by Crippen LogP contribution is -2.19. The summed E-state index contributed by atoms with van der Waals surface area (Å²) < 4.78 is 0. The van der Waals surface area contributed by atoms with Gasteiger partial charge in [0.25, 0.3) is 0 Å². The zero-order valence-electron chi connectivity index (χ0n) is 11.2. The first-order valence-electron chi connectivity index (χ1n) is 7.57. The van der Waals surface area contributed by atoms with Gasteiger partial charge < -0.3 is 0 Å². The zero-order chi connectivity index (χ0) is 12.1. The van der Waals surface area contributed by atoms with E-state index in [1.807, 2.05) is 0 Å². The average Bonchev–Trinajstić information content (AvgIpc) is 2.40. The van der Waals surface area contributed by atoms with Crippen LogP contribution in [0, 0.1) is 23.7 Å². The van der Waals surface area contributed by atoms with Gasteiger partial charge in [-0.25, -0.2) is 0 Å². The van der Waals surface area contributed by atoms with E-state index in [1.54, 1.807) is 0 Å². The lowest BCUT2D eigenvalue weighted by atomic mass is 9.73. The maximum Gasteiger partial charge on any atom is 0 e. The van der Waals surface area contributed by atoms with Gasteiger partial charge in [-0.2, -0.15) is 0 Å². The molecule has 2 fully saturated rings. The molecule has 2 saturated carbocycles. The summed E-state index contributed by atoms with van der Waals surface area (Å²) in [6.45, 7) is 7.87. The average molecular weight is 236 g/mol. The molecule has 0 aromatic rings. The molecule has 2 aliphatic carbocycles. The second-order valence-corrected chi connectivity index (χ2v) is 6.27. The van der Waals surface area contributed by atoms with E-state index in [-0.39, 0.29) is 2.85 Å². The summed E-state index contributed by atoms with van der Waals surface area (Å²) in [7, 11) is 0. The Bertz CT molecular complexity index is 220. The van der Waals surface area contributed by atoms with Gasteiger partial charge in [0, 0.05) is 2.85 Å². The van der Waals surface area contributed by atoms with E-state index in [9.17, 15) is 0 Å². The highest BCUT2D eigenvalue weighted by Crippen LogP contribution is 2.38. The molecule has 0 unspecified atom stereocenters. The maximum absolute atomic E-state index is 3.93. The van der Waals surface area contributed by atoms with Crippen LogP contribution in [0.1, 0.15) is 60.6 Å². The van der Waals surface area contributed by atoms with Gasteiger partial charge in [0.05, 0.1) is 0 Å². The molecule has 0 spiro atoms. The van der Waals surface area contributed by atoms with Crippen LogP contribution in [0.5, 0.6) is 0 Å². The zero-order valence-corrected chi connectivity index (χ0v) is 11.2. The van der Waals surface area contributed by atoms with Crippen molar-refractivity contribution in [3.05, 3.63) is 25.3 Å². The molecule has 2 rings (SSSR count). The fourth-order valence-corrected chi connectivity index (χ4v) is 3.79. The van der Waals surface area contributed by atoms with Crippen molar-refractivity contribution in [2.24, 2.45) is 23.7 Å². The number of allylic oxidation sites excluding steroid dienone is 2. The standard InChI is InChI=1S/C17H28.2H2/c1-3-14-5-9-16(10-6-14)13-17-11-7-15(4-2)8-12-17;;/h3-4,14-17H,1-2,5-13H2;2*1H. The van der Waals surface area contributed by atoms with E-state index in [2.05, 4.69) is 25.3 Å². The van der Waals surface area contributed by atoms with Crippen molar-refractivity contribution in [2.45, 2.75) is 57.8 Å². The molecule has 17 heavy (non-hydrogen) atoms. The largest absolute Gasteiger partial charge is 0.103 e. The molecule has 0 saturated heterocycles. The first-order valence-corrected chi connectivity index (χ1v) is 7.57. The summed E-state index contributed by atoms with van der Waals surface area (Å²) in [6.07, 6.45) is 17.3. The monoisotopic (exact) mass is 236 g/mol. The van der Waals surface area contributed by atoms with Crippen molar-refractivity contribution < 1.29 is 2.85 Å². The van der Waals surface area contributed by atoms with Crippen molar-refractivity contribution in [3.63, 3.8) is 0 Å². The first-order chi connectivity index (χ1) is 8.31. The van der Waals surface area contributed by atoms with Gasteiger partial charge in [-0.05, 0) is 81.5 Å². The minimum atomic E-state index is 0. The summed E-state index contributed by atoms with van der Waals surface area (Å²) in [5.41, 5.74) is 0. The molecule has 0 bridgehead atoms. The molecule has 0 N–H and O–H groups in total. The summed E-state index contributed by atoms with van der Waals surface area (Å²) in [5.74, 6) is 3.69. The Balaban J connectivity index is 0.00000162. The Morgan fingerprint density at radius 3 is 1.35 bits per heavy atom. The van der Waals surface area contributed by atoms with E-state index >= 15 is 0 Å². The van der Waals surface area contributed by atoms with Crippen LogP contribution in [0.15, 0.2) is 25.3 Å². The quantitative estimate of drug-likeness (QED) is 0.537. The predicted molar refractivity (Wildman–Crippen MR) is 80.1 cm³/mol. The van der Waals surface area contributed by atoms with Crippen LogP contribution in [0.2, 0.25) is 0 Å². The van der Waals surface area contributed by atoms with Gasteiger partial charge in [-0.1, -0.05) is 12.2 Å². The van der Waals surface area contributed by atoms with Crippen LogP contribution < -0.4 is 0 Å². The summed E-state index contributed by atoms with van der Waals surface area (Å²) >= 11 is 0. The van der Waals surface area contributed by atoms with E-state index in [0.29, 0.717) is 0 Å². The third-order valence-electron chi connectivity index (χ3n) is 5.12. The van der Waals surface area contributed by atoms with E-state index in [1.165, 1.54) is 57.8 Å². The lowest BCUT2D eigenvalue weighted by molar-refractivity contribution is 0.214. The SMILES string of the molecule is C=CC1CCC(CC2CCC(C=C)CC2)CC1.[HH].[HH]. The van der Waals surface area contributed by atoms with Crippen LogP contribution in [-0.2, 0) is 0 Å². The maximum atomic E-state index is 3.93. The second kappa shape index (κ2) is 6.42. The number of hydrogen-bond acceptors (Lipinski definition) is 0. The van der Waals surface area contributed by atoms with Crippen molar-refractivity contribution in [1.82, 2.24) is 0 Å². The molecule has 100 valence electrons. The molecule has 0 heteroatoms. The van der Waals surface area contributed by atoms with Crippen molar-refractivity contribution >= 4 is 0 Å². The Morgan fingerprint density at radius 1 is 0.706 bits per heavy atom. The minimum Gasteiger partial charge on any atom is -0.103 e. The normalized spacial score (nSPS) is 38.6. The van der Waals surface area contributed by atoms with Gasteiger partial charge in [0.2, 0.25) is 0 Å². The molecule has 0 heterocycles. The van der Waals surface area contributed by atoms with Crippen LogP contribution >= 0.6 is 0 Å². The highest BCUT2D eigenvalue weighted by atomic mass is 14.3. The fraction of sp³-hybridized carbons (Fsp3) is 0.765. The van der Waals surface area contributed by atoms with Crippen LogP contribution in [0.25, 0.3) is 0 Å². The topological polar surface area (TPSA) is 0 Å². The minimum absolute atomic E-state index is 0. The molecule has 2 aliphatic rings. The first kappa shape index (κ1) is 12.9. The molecule has 0 atom stereocenters. The number of rotatable bonds is 4. The van der Waals surface area contributed by atoms with Crippen molar-refractivity contribution in [1.29, 1.82) is 0 Å². The Morgan fingerprint density at radius 2 is 1.06 bits per heavy atom. The predicted octanol–water partition coefficient (Wildman–Crippen LogP) is 5.85. The lowest BCUT2D eigenvalue weighted by Gasteiger charge is -2.32.